The van der Waals surface area contributed by atoms with Gasteiger partial charge in [-0.1, -0.05) is 12.1 Å². The number of hydrogen-bond acceptors (Lipinski definition) is 3. The molecule has 0 saturated carbocycles. The maximum Gasteiger partial charge on any atom is 0.260 e. The number of thiophene rings is 1. The maximum absolute atomic E-state index is 13.1. The minimum atomic E-state index is -0.632. The molecule has 2 rings (SSSR count). The SMILES string of the molecule is NC(=O)c1sc(-c2cccc(F)c2)cc1NC=O. The molecule has 1 aromatic carbocycles. The molecule has 1 heterocycles. The van der Waals surface area contributed by atoms with E-state index in [1.807, 2.05) is 0 Å². The molecule has 1 aromatic heterocycles. The third kappa shape index (κ3) is 2.38. The van der Waals surface area contributed by atoms with Crippen LogP contribution in [0.5, 0.6) is 0 Å². The number of primary amides is 1. The molecule has 0 spiro atoms. The highest BCUT2D eigenvalue weighted by atomic mass is 32.1. The lowest BCUT2D eigenvalue weighted by Gasteiger charge is -1.96. The minimum absolute atomic E-state index is 0.237. The predicted octanol–water partition coefficient (Wildman–Crippen LogP) is 2.22. The van der Waals surface area contributed by atoms with E-state index >= 15 is 0 Å². The Morgan fingerprint density at radius 1 is 1.39 bits per heavy atom. The number of rotatable bonds is 4. The van der Waals surface area contributed by atoms with Gasteiger partial charge in [0.05, 0.1) is 5.69 Å². The molecule has 0 aliphatic carbocycles. The first-order valence-electron chi connectivity index (χ1n) is 5.01. The lowest BCUT2D eigenvalue weighted by atomic mass is 10.2. The number of nitrogens with one attached hydrogen (secondary N) is 1. The number of benzene rings is 1. The van der Waals surface area contributed by atoms with Crippen molar-refractivity contribution in [3.05, 3.63) is 41.0 Å². The summed E-state index contributed by atoms with van der Waals surface area (Å²) < 4.78 is 13.1. The number of anilines is 1. The topological polar surface area (TPSA) is 72.2 Å². The third-order valence-electron chi connectivity index (χ3n) is 2.28. The van der Waals surface area contributed by atoms with Gasteiger partial charge in [0, 0.05) is 4.88 Å². The number of hydrogen-bond donors (Lipinski definition) is 2. The van der Waals surface area contributed by atoms with Gasteiger partial charge < -0.3 is 11.1 Å². The summed E-state index contributed by atoms with van der Waals surface area (Å²) in [7, 11) is 0. The zero-order valence-electron chi connectivity index (χ0n) is 9.14. The summed E-state index contributed by atoms with van der Waals surface area (Å²) in [6.07, 6.45) is 0.462. The molecule has 6 heteroatoms. The zero-order valence-corrected chi connectivity index (χ0v) is 9.96. The van der Waals surface area contributed by atoms with Gasteiger partial charge in [0.15, 0.2) is 0 Å². The monoisotopic (exact) mass is 264 g/mol. The molecular formula is C12H9FN2O2S. The van der Waals surface area contributed by atoms with Crippen LogP contribution in [0, 0.1) is 5.82 Å². The summed E-state index contributed by atoms with van der Waals surface area (Å²) >= 11 is 1.11. The van der Waals surface area contributed by atoms with Crippen molar-refractivity contribution >= 4 is 29.3 Å². The van der Waals surface area contributed by atoms with Crippen LogP contribution < -0.4 is 11.1 Å². The first-order valence-corrected chi connectivity index (χ1v) is 5.83. The minimum Gasteiger partial charge on any atom is -0.365 e. The van der Waals surface area contributed by atoms with Crippen LogP contribution in [0.25, 0.3) is 10.4 Å². The van der Waals surface area contributed by atoms with Crippen molar-refractivity contribution in [3.63, 3.8) is 0 Å². The highest BCUT2D eigenvalue weighted by molar-refractivity contribution is 7.18. The van der Waals surface area contributed by atoms with E-state index in [-0.39, 0.29) is 10.7 Å². The molecule has 0 saturated heterocycles. The van der Waals surface area contributed by atoms with E-state index < -0.39 is 5.91 Å². The van der Waals surface area contributed by atoms with Gasteiger partial charge in [-0.15, -0.1) is 11.3 Å². The van der Waals surface area contributed by atoms with E-state index in [2.05, 4.69) is 5.32 Å². The molecule has 0 bridgehead atoms. The van der Waals surface area contributed by atoms with Crippen LogP contribution >= 0.6 is 11.3 Å². The number of halogens is 1. The Balaban J connectivity index is 2.49. The van der Waals surface area contributed by atoms with E-state index in [0.29, 0.717) is 22.5 Å². The van der Waals surface area contributed by atoms with Gasteiger partial charge >= 0.3 is 0 Å². The fraction of sp³-hybridized carbons (Fsp3) is 0. The predicted molar refractivity (Wildman–Crippen MR) is 67.9 cm³/mol. The Bertz CT molecular complexity index is 610. The Morgan fingerprint density at radius 3 is 2.78 bits per heavy atom. The second-order valence-electron chi connectivity index (χ2n) is 3.49. The van der Waals surface area contributed by atoms with Crippen LogP contribution in [-0.2, 0) is 4.79 Å². The lowest BCUT2D eigenvalue weighted by molar-refractivity contribution is -0.105. The molecule has 3 N–H and O–H groups in total. The van der Waals surface area contributed by atoms with Gasteiger partial charge in [-0.25, -0.2) is 4.39 Å². The summed E-state index contributed by atoms with van der Waals surface area (Å²) in [6.45, 7) is 0. The Labute approximate surface area is 106 Å². The van der Waals surface area contributed by atoms with Crippen molar-refractivity contribution in [2.45, 2.75) is 0 Å². The van der Waals surface area contributed by atoms with Crippen LogP contribution in [0.2, 0.25) is 0 Å². The maximum atomic E-state index is 13.1. The fourth-order valence-electron chi connectivity index (χ4n) is 1.53. The number of amides is 2. The van der Waals surface area contributed by atoms with Gasteiger partial charge in [0.25, 0.3) is 5.91 Å². The summed E-state index contributed by atoms with van der Waals surface area (Å²) in [5.41, 5.74) is 6.17. The van der Waals surface area contributed by atoms with Crippen LogP contribution in [0.15, 0.2) is 30.3 Å². The van der Waals surface area contributed by atoms with Crippen molar-refractivity contribution in [1.29, 1.82) is 0 Å². The molecule has 18 heavy (non-hydrogen) atoms. The molecule has 92 valence electrons. The summed E-state index contributed by atoms with van der Waals surface area (Å²) in [5, 5.41) is 2.40. The third-order valence-corrected chi connectivity index (χ3v) is 3.48. The normalized spacial score (nSPS) is 10.1. The van der Waals surface area contributed by atoms with Crippen molar-refractivity contribution in [2.75, 3.05) is 5.32 Å². The van der Waals surface area contributed by atoms with E-state index in [1.165, 1.54) is 12.1 Å². The second kappa shape index (κ2) is 4.97. The van der Waals surface area contributed by atoms with Crippen LogP contribution in [0.4, 0.5) is 10.1 Å². The van der Waals surface area contributed by atoms with Crippen LogP contribution in [0.3, 0.4) is 0 Å². The molecule has 0 fully saturated rings. The molecule has 2 aromatic rings. The Kier molecular flexibility index (Phi) is 3.38. The number of carbonyl (C=O) groups is 2. The Morgan fingerprint density at radius 2 is 2.17 bits per heavy atom. The molecule has 2 amide bonds. The van der Waals surface area contributed by atoms with Crippen molar-refractivity contribution in [1.82, 2.24) is 0 Å². The highest BCUT2D eigenvalue weighted by Crippen LogP contribution is 2.34. The molecule has 0 radical (unpaired) electrons. The van der Waals surface area contributed by atoms with Crippen LogP contribution in [0.1, 0.15) is 9.67 Å². The van der Waals surface area contributed by atoms with E-state index in [1.54, 1.807) is 18.2 Å². The largest absolute Gasteiger partial charge is 0.365 e. The average Bonchev–Trinajstić information content (AvgIpc) is 2.74. The average molecular weight is 264 g/mol. The lowest BCUT2D eigenvalue weighted by Crippen LogP contribution is -2.11. The van der Waals surface area contributed by atoms with E-state index in [0.717, 1.165) is 11.3 Å². The quantitative estimate of drug-likeness (QED) is 0.831. The molecule has 4 nitrogen and oxygen atoms in total. The van der Waals surface area contributed by atoms with Crippen LogP contribution in [-0.4, -0.2) is 12.3 Å². The first-order chi connectivity index (χ1) is 8.61. The van der Waals surface area contributed by atoms with Gasteiger partial charge in [0.1, 0.15) is 10.7 Å². The van der Waals surface area contributed by atoms with Crippen molar-refractivity contribution in [2.24, 2.45) is 5.73 Å². The fourth-order valence-corrected chi connectivity index (χ4v) is 2.50. The molecule has 0 unspecified atom stereocenters. The van der Waals surface area contributed by atoms with Gasteiger partial charge in [0.2, 0.25) is 6.41 Å². The van der Waals surface area contributed by atoms with E-state index in [4.69, 9.17) is 5.73 Å². The molecular weight excluding hydrogens is 255 g/mol. The number of nitrogens with two attached hydrogens (primary N) is 1. The first kappa shape index (κ1) is 12.3. The Hall–Kier alpha value is -2.21. The molecule has 0 aliphatic heterocycles. The molecule has 0 atom stereocenters. The summed E-state index contributed by atoms with van der Waals surface area (Å²) in [4.78, 5) is 22.5. The highest BCUT2D eigenvalue weighted by Gasteiger charge is 2.14. The summed E-state index contributed by atoms with van der Waals surface area (Å²) in [5.74, 6) is -1.00. The van der Waals surface area contributed by atoms with Crippen molar-refractivity contribution < 1.29 is 14.0 Å². The molecule has 0 aliphatic rings. The van der Waals surface area contributed by atoms with Gasteiger partial charge in [-0.05, 0) is 23.8 Å². The van der Waals surface area contributed by atoms with E-state index in [9.17, 15) is 14.0 Å². The van der Waals surface area contributed by atoms with Crippen molar-refractivity contribution in [3.8, 4) is 10.4 Å². The van der Waals surface area contributed by atoms with Gasteiger partial charge in [-0.3, -0.25) is 9.59 Å². The second-order valence-corrected chi connectivity index (χ2v) is 4.54. The summed E-state index contributed by atoms with van der Waals surface area (Å²) in [6, 6.07) is 7.55. The number of carbonyl (C=O) groups excluding carboxylic acids is 2. The van der Waals surface area contributed by atoms with Gasteiger partial charge in [-0.2, -0.15) is 0 Å². The standard InChI is InChI=1S/C12H9FN2O2S/c13-8-3-1-2-7(4-8)10-5-9(15-6-16)11(18-10)12(14)17/h1-6H,(H2,14,17)(H,15,16). The zero-order chi connectivity index (χ0) is 13.1. The smallest absolute Gasteiger partial charge is 0.260 e.